The van der Waals surface area contributed by atoms with Crippen LogP contribution < -0.4 is 5.32 Å². The highest BCUT2D eigenvalue weighted by Gasteiger charge is 2.26. The molecule has 1 unspecified atom stereocenters. The van der Waals surface area contributed by atoms with E-state index in [2.05, 4.69) is 5.32 Å². The lowest BCUT2D eigenvalue weighted by Crippen LogP contribution is -2.42. The maximum Gasteiger partial charge on any atom is 0.307 e. The maximum absolute atomic E-state index is 13.4. The van der Waals surface area contributed by atoms with E-state index in [1.54, 1.807) is 19.1 Å². The molecule has 1 amide bonds. The van der Waals surface area contributed by atoms with E-state index < -0.39 is 11.9 Å². The first-order chi connectivity index (χ1) is 9.95. The number of hydrogen-bond donors (Lipinski definition) is 2. The summed E-state index contributed by atoms with van der Waals surface area (Å²) in [5, 5.41) is 11.6. The molecule has 0 radical (unpaired) electrons. The molecular formula is C15H19FN2O3. The Morgan fingerprint density at radius 1 is 1.48 bits per heavy atom. The number of carbonyl (C=O) groups is 2. The van der Waals surface area contributed by atoms with Crippen molar-refractivity contribution in [2.75, 3.05) is 25.0 Å². The summed E-state index contributed by atoms with van der Waals surface area (Å²) in [6.07, 6.45) is 1.42. The van der Waals surface area contributed by atoms with Crippen molar-refractivity contribution >= 4 is 17.6 Å². The molecule has 114 valence electrons. The fourth-order valence-electron chi connectivity index (χ4n) is 2.47. The Hall–Kier alpha value is -1.95. The topological polar surface area (TPSA) is 69.6 Å². The van der Waals surface area contributed by atoms with Gasteiger partial charge in [-0.2, -0.15) is 0 Å². The molecule has 0 spiro atoms. The van der Waals surface area contributed by atoms with Gasteiger partial charge in [0, 0.05) is 12.2 Å². The second-order valence-electron chi connectivity index (χ2n) is 5.42. The van der Waals surface area contributed by atoms with Gasteiger partial charge in [0.2, 0.25) is 5.91 Å². The van der Waals surface area contributed by atoms with Gasteiger partial charge in [-0.25, -0.2) is 4.39 Å². The zero-order valence-electron chi connectivity index (χ0n) is 11.9. The minimum Gasteiger partial charge on any atom is -0.481 e. The van der Waals surface area contributed by atoms with E-state index in [1.165, 1.54) is 6.07 Å². The predicted octanol–water partition coefficient (Wildman–Crippen LogP) is 1.87. The van der Waals surface area contributed by atoms with Crippen molar-refractivity contribution in [2.45, 2.75) is 19.8 Å². The zero-order valence-corrected chi connectivity index (χ0v) is 11.9. The van der Waals surface area contributed by atoms with E-state index in [-0.39, 0.29) is 18.3 Å². The third-order valence-corrected chi connectivity index (χ3v) is 3.68. The number of benzene rings is 1. The Labute approximate surface area is 122 Å². The smallest absolute Gasteiger partial charge is 0.307 e. The van der Waals surface area contributed by atoms with Crippen molar-refractivity contribution in [3.8, 4) is 0 Å². The minimum atomic E-state index is -0.819. The summed E-state index contributed by atoms with van der Waals surface area (Å²) in [5.74, 6) is -1.86. The average molecular weight is 294 g/mol. The first-order valence-corrected chi connectivity index (χ1v) is 6.97. The number of halogens is 1. The van der Waals surface area contributed by atoms with Crippen LogP contribution >= 0.6 is 0 Å². The Morgan fingerprint density at radius 3 is 2.90 bits per heavy atom. The number of piperidine rings is 1. The van der Waals surface area contributed by atoms with Crippen LogP contribution in [-0.2, 0) is 9.59 Å². The Bertz CT molecular complexity index is 548. The molecule has 2 rings (SSSR count). The van der Waals surface area contributed by atoms with Gasteiger partial charge in [-0.1, -0.05) is 6.07 Å². The van der Waals surface area contributed by atoms with Crippen LogP contribution in [0.2, 0.25) is 0 Å². The number of nitrogens with one attached hydrogen (secondary N) is 1. The summed E-state index contributed by atoms with van der Waals surface area (Å²) < 4.78 is 13.4. The Balaban J connectivity index is 1.89. The summed E-state index contributed by atoms with van der Waals surface area (Å²) in [7, 11) is 0. The molecule has 2 N–H and O–H groups in total. The summed E-state index contributed by atoms with van der Waals surface area (Å²) in [4.78, 5) is 24.7. The van der Waals surface area contributed by atoms with E-state index in [0.717, 1.165) is 6.42 Å². The lowest BCUT2D eigenvalue weighted by atomic mass is 9.98. The molecule has 1 aliphatic rings. The number of carboxylic acids is 1. The van der Waals surface area contributed by atoms with E-state index in [9.17, 15) is 14.0 Å². The number of likely N-dealkylation sites (tertiary alicyclic amines) is 1. The highest BCUT2D eigenvalue weighted by molar-refractivity contribution is 5.92. The van der Waals surface area contributed by atoms with Crippen LogP contribution in [0, 0.1) is 18.7 Å². The quantitative estimate of drug-likeness (QED) is 0.889. The standard InChI is InChI=1S/C15H19FN2O3/c1-10-4-5-12(7-13(10)16)17-14(19)9-18-6-2-3-11(8-18)15(20)21/h4-5,7,11H,2-3,6,8-9H2,1H3,(H,17,19)(H,20,21). The van der Waals surface area contributed by atoms with Crippen molar-refractivity contribution in [2.24, 2.45) is 5.92 Å². The van der Waals surface area contributed by atoms with Crippen LogP contribution in [0.5, 0.6) is 0 Å². The van der Waals surface area contributed by atoms with Crippen LogP contribution in [0.25, 0.3) is 0 Å². The highest BCUT2D eigenvalue weighted by Crippen LogP contribution is 2.17. The second-order valence-corrected chi connectivity index (χ2v) is 5.42. The molecule has 1 aromatic rings. The van der Waals surface area contributed by atoms with E-state index >= 15 is 0 Å². The van der Waals surface area contributed by atoms with E-state index in [1.807, 2.05) is 4.90 Å². The molecule has 0 bridgehead atoms. The summed E-state index contributed by atoms with van der Waals surface area (Å²) in [5.41, 5.74) is 0.934. The first-order valence-electron chi connectivity index (χ1n) is 6.97. The molecule has 1 heterocycles. The fraction of sp³-hybridized carbons (Fsp3) is 0.467. The monoisotopic (exact) mass is 294 g/mol. The SMILES string of the molecule is Cc1ccc(NC(=O)CN2CCCC(C(=O)O)C2)cc1F. The first kappa shape index (κ1) is 15.4. The molecule has 1 aromatic carbocycles. The number of rotatable bonds is 4. The maximum atomic E-state index is 13.4. The van der Waals surface area contributed by atoms with Gasteiger partial charge in [0.05, 0.1) is 12.5 Å². The fourth-order valence-corrected chi connectivity index (χ4v) is 2.47. The number of carbonyl (C=O) groups excluding carboxylic acids is 1. The lowest BCUT2D eigenvalue weighted by molar-refractivity contribution is -0.144. The van der Waals surface area contributed by atoms with Gasteiger partial charge < -0.3 is 10.4 Å². The third-order valence-electron chi connectivity index (χ3n) is 3.68. The van der Waals surface area contributed by atoms with Gasteiger partial charge in [-0.15, -0.1) is 0 Å². The van der Waals surface area contributed by atoms with Crippen LogP contribution in [-0.4, -0.2) is 41.5 Å². The van der Waals surface area contributed by atoms with E-state index in [0.29, 0.717) is 30.8 Å². The number of amides is 1. The molecule has 6 heteroatoms. The molecule has 1 fully saturated rings. The van der Waals surface area contributed by atoms with Crippen molar-refractivity contribution in [3.63, 3.8) is 0 Å². The highest BCUT2D eigenvalue weighted by atomic mass is 19.1. The van der Waals surface area contributed by atoms with Crippen molar-refractivity contribution in [1.29, 1.82) is 0 Å². The van der Waals surface area contributed by atoms with Crippen LogP contribution in [0.3, 0.4) is 0 Å². The van der Waals surface area contributed by atoms with Crippen LogP contribution in [0.1, 0.15) is 18.4 Å². The van der Waals surface area contributed by atoms with Crippen LogP contribution in [0.4, 0.5) is 10.1 Å². The largest absolute Gasteiger partial charge is 0.481 e. The van der Waals surface area contributed by atoms with Crippen molar-refractivity contribution in [1.82, 2.24) is 4.90 Å². The predicted molar refractivity (Wildman–Crippen MR) is 76.6 cm³/mol. The molecule has 1 atom stereocenters. The molecule has 5 nitrogen and oxygen atoms in total. The molecule has 0 aromatic heterocycles. The molecule has 21 heavy (non-hydrogen) atoms. The third kappa shape index (κ3) is 4.26. The number of aryl methyl sites for hydroxylation is 1. The summed E-state index contributed by atoms with van der Waals surface area (Å²) >= 11 is 0. The van der Waals surface area contributed by atoms with Gasteiger partial charge in [0.1, 0.15) is 5.82 Å². The summed E-state index contributed by atoms with van der Waals surface area (Å²) in [6.45, 7) is 2.87. The van der Waals surface area contributed by atoms with Crippen molar-refractivity contribution in [3.05, 3.63) is 29.6 Å². The summed E-state index contributed by atoms with van der Waals surface area (Å²) in [6, 6.07) is 4.53. The molecular weight excluding hydrogens is 275 g/mol. The van der Waals surface area contributed by atoms with Gasteiger partial charge in [0.15, 0.2) is 0 Å². The molecule has 0 aliphatic carbocycles. The Morgan fingerprint density at radius 2 is 2.24 bits per heavy atom. The normalized spacial score (nSPS) is 19.2. The van der Waals surface area contributed by atoms with Gasteiger partial charge in [0.25, 0.3) is 0 Å². The Kier molecular flexibility index (Phi) is 4.90. The number of carboxylic acid groups (broad SMARTS) is 1. The molecule has 1 saturated heterocycles. The molecule has 1 aliphatic heterocycles. The zero-order chi connectivity index (χ0) is 15.4. The minimum absolute atomic E-state index is 0.124. The van der Waals surface area contributed by atoms with E-state index in [4.69, 9.17) is 5.11 Å². The number of aliphatic carboxylic acids is 1. The van der Waals surface area contributed by atoms with Gasteiger partial charge in [-0.3, -0.25) is 14.5 Å². The number of hydrogen-bond acceptors (Lipinski definition) is 3. The average Bonchev–Trinajstić information content (AvgIpc) is 2.43. The lowest BCUT2D eigenvalue weighted by Gasteiger charge is -2.29. The number of anilines is 1. The van der Waals surface area contributed by atoms with Gasteiger partial charge >= 0.3 is 5.97 Å². The van der Waals surface area contributed by atoms with Gasteiger partial charge in [-0.05, 0) is 44.0 Å². The molecule has 0 saturated carbocycles. The number of nitrogens with zero attached hydrogens (tertiary/aromatic N) is 1. The van der Waals surface area contributed by atoms with Crippen molar-refractivity contribution < 1.29 is 19.1 Å². The second kappa shape index (κ2) is 6.67. The van der Waals surface area contributed by atoms with Crippen LogP contribution in [0.15, 0.2) is 18.2 Å².